The Morgan fingerprint density at radius 2 is 1.82 bits per heavy atom. The second kappa shape index (κ2) is 16.1. The highest BCUT2D eigenvalue weighted by Crippen LogP contribution is 2.41. The van der Waals surface area contributed by atoms with Crippen molar-refractivity contribution in [3.05, 3.63) is 53.1 Å². The van der Waals surface area contributed by atoms with Crippen molar-refractivity contribution in [2.45, 2.75) is 52.4 Å². The van der Waals surface area contributed by atoms with Gasteiger partial charge >= 0.3 is 0 Å². The molecule has 0 saturated heterocycles. The smallest absolute Gasteiger partial charge is 0.167 e. The van der Waals surface area contributed by atoms with Crippen molar-refractivity contribution in [2.75, 3.05) is 27.3 Å². The molecule has 0 saturated carbocycles. The number of phenolic OH excluding ortho intramolecular Hbond substituents is 1. The molecule has 2 aromatic rings. The Hall–Kier alpha value is -2.91. The van der Waals surface area contributed by atoms with Crippen molar-refractivity contribution in [3.8, 4) is 16.9 Å². The summed E-state index contributed by atoms with van der Waals surface area (Å²) in [4.78, 5) is 37.2. The van der Waals surface area contributed by atoms with E-state index in [4.69, 9.17) is 0 Å². The molecule has 3 unspecified atom stereocenters. The van der Waals surface area contributed by atoms with Crippen LogP contribution in [0.3, 0.4) is 0 Å². The molecule has 1 aliphatic rings. The van der Waals surface area contributed by atoms with Crippen LogP contribution in [0.1, 0.15) is 63.9 Å². The lowest BCUT2D eigenvalue weighted by atomic mass is 9.72. The highest BCUT2D eigenvalue weighted by molar-refractivity contribution is 6.03. The summed E-state index contributed by atoms with van der Waals surface area (Å²) in [7, 11) is 3.75. The van der Waals surface area contributed by atoms with Crippen LogP contribution in [-0.2, 0) is 22.4 Å². The molecule has 1 aliphatic carbocycles. The van der Waals surface area contributed by atoms with Gasteiger partial charge < -0.3 is 26.1 Å². The van der Waals surface area contributed by atoms with Gasteiger partial charge in [0.25, 0.3) is 0 Å². The highest BCUT2D eigenvalue weighted by Gasteiger charge is 2.35. The largest absolute Gasteiger partial charge is 0.507 e. The highest BCUT2D eigenvalue weighted by atomic mass is 16.3. The number of benzene rings is 2. The van der Waals surface area contributed by atoms with E-state index in [0.717, 1.165) is 23.1 Å². The molecule has 38 heavy (non-hydrogen) atoms. The van der Waals surface area contributed by atoms with Crippen LogP contribution in [0.4, 0.5) is 0 Å². The van der Waals surface area contributed by atoms with Crippen LogP contribution in [-0.4, -0.2) is 65.5 Å². The molecule has 6 N–H and O–H groups in total. The minimum absolute atomic E-state index is 0. The number of aromatic hydroxyl groups is 1. The van der Waals surface area contributed by atoms with Gasteiger partial charge in [-0.1, -0.05) is 37.3 Å². The summed E-state index contributed by atoms with van der Waals surface area (Å²) in [6.07, 6.45) is 2.17. The van der Waals surface area contributed by atoms with E-state index in [9.17, 15) is 29.7 Å². The van der Waals surface area contributed by atoms with Crippen molar-refractivity contribution in [3.63, 3.8) is 0 Å². The topological polar surface area (TPSA) is 155 Å². The predicted molar refractivity (Wildman–Crippen MR) is 153 cm³/mol. The second-order valence-corrected chi connectivity index (χ2v) is 9.88. The van der Waals surface area contributed by atoms with Gasteiger partial charge in [0, 0.05) is 21.8 Å². The van der Waals surface area contributed by atoms with Crippen LogP contribution in [0.2, 0.25) is 0 Å². The van der Waals surface area contributed by atoms with Gasteiger partial charge in [-0.05, 0) is 86.9 Å². The first-order valence-corrected chi connectivity index (χ1v) is 13.0. The molecule has 214 valence electrons. The number of aliphatic hydroxyl groups excluding tert-OH is 2. The minimum atomic E-state index is -0.752. The zero-order valence-electron chi connectivity index (χ0n) is 22.9. The Labute approximate surface area is 228 Å². The van der Waals surface area contributed by atoms with Crippen molar-refractivity contribution < 1.29 is 38.0 Å². The summed E-state index contributed by atoms with van der Waals surface area (Å²) in [5, 5.41) is 32.7. The third-order valence-corrected chi connectivity index (χ3v) is 6.92. The van der Waals surface area contributed by atoms with Crippen LogP contribution in [0.25, 0.3) is 11.1 Å². The molecule has 0 radical (unpaired) electrons. The van der Waals surface area contributed by atoms with Crippen LogP contribution in [0, 0.1) is 17.8 Å². The normalized spacial score (nSPS) is 15.8. The number of hydrogen-bond acceptors (Lipinski definition) is 7. The van der Waals surface area contributed by atoms with E-state index in [2.05, 4.69) is 24.4 Å². The van der Waals surface area contributed by atoms with Gasteiger partial charge in [0.05, 0.1) is 18.6 Å². The quantitative estimate of drug-likeness (QED) is 0.323. The number of carbonyl (C=O) groups is 3. The number of fused-ring (bicyclic) bond motifs is 1. The Morgan fingerprint density at radius 1 is 1.13 bits per heavy atom. The molecule has 0 fully saturated rings. The molecular formula is C30H47NO7. The monoisotopic (exact) mass is 533 g/mol. The van der Waals surface area contributed by atoms with E-state index in [1.807, 2.05) is 32.3 Å². The molecule has 8 nitrogen and oxygen atoms in total. The zero-order chi connectivity index (χ0) is 27.5. The standard InChI is InChI=1S/C28H34O6.C2H7N.H2O.2H2/c1-3-18-5-4-6-20(12-18)22-7-8-25(32)28-23(22)14-19(15-27(28)34)13-21(9-10-29)24(16-30)26(33)11-17(2)31;1-3-2;;;/h4-8,12,19,21,24,29-30,32H,3,9-11,13-16H2,1-2H3;3H,1-2H3;1H2;2*1H. The predicted octanol–water partition coefficient (Wildman–Crippen LogP) is 3.42. The average molecular weight is 534 g/mol. The van der Waals surface area contributed by atoms with E-state index in [-0.39, 0.29) is 62.7 Å². The van der Waals surface area contributed by atoms with Crippen LogP contribution in [0.5, 0.6) is 5.75 Å². The van der Waals surface area contributed by atoms with Gasteiger partial charge in [-0.15, -0.1) is 0 Å². The first kappa shape index (κ1) is 33.1. The third kappa shape index (κ3) is 8.56. The molecule has 0 aromatic heterocycles. The lowest BCUT2D eigenvalue weighted by Gasteiger charge is -2.31. The van der Waals surface area contributed by atoms with E-state index < -0.39 is 12.5 Å². The summed E-state index contributed by atoms with van der Waals surface area (Å²) in [5.74, 6) is -1.96. The van der Waals surface area contributed by atoms with Crippen LogP contribution in [0.15, 0.2) is 36.4 Å². The summed E-state index contributed by atoms with van der Waals surface area (Å²) in [6, 6.07) is 11.5. The summed E-state index contributed by atoms with van der Waals surface area (Å²) >= 11 is 0. The van der Waals surface area contributed by atoms with Gasteiger partial charge in [-0.2, -0.15) is 0 Å². The maximum absolute atomic E-state index is 13.1. The fraction of sp³-hybridized carbons (Fsp3) is 0.500. The van der Waals surface area contributed by atoms with E-state index in [1.54, 1.807) is 6.07 Å². The molecule has 3 rings (SSSR count). The number of carbonyl (C=O) groups excluding carboxylic acids is 3. The Morgan fingerprint density at radius 3 is 2.39 bits per heavy atom. The summed E-state index contributed by atoms with van der Waals surface area (Å²) in [6.45, 7) is 2.87. The first-order valence-electron chi connectivity index (χ1n) is 13.0. The fourth-order valence-corrected chi connectivity index (χ4v) is 5.25. The van der Waals surface area contributed by atoms with E-state index in [0.29, 0.717) is 24.8 Å². The van der Waals surface area contributed by atoms with Gasteiger partial charge in [-0.3, -0.25) is 14.4 Å². The zero-order valence-corrected chi connectivity index (χ0v) is 22.9. The third-order valence-electron chi connectivity index (χ3n) is 6.92. The van der Waals surface area contributed by atoms with Gasteiger partial charge in [0.15, 0.2) is 5.78 Å². The molecule has 3 atom stereocenters. The van der Waals surface area contributed by atoms with Crippen molar-refractivity contribution >= 4 is 17.3 Å². The average Bonchev–Trinajstić information content (AvgIpc) is 2.84. The van der Waals surface area contributed by atoms with Crippen LogP contribution < -0.4 is 5.32 Å². The number of aliphatic hydroxyl groups is 2. The number of nitrogens with one attached hydrogen (secondary N) is 1. The Balaban J connectivity index is 0. The number of aryl methyl sites for hydroxylation is 1. The number of phenols is 1. The molecule has 0 spiro atoms. The lowest BCUT2D eigenvalue weighted by molar-refractivity contribution is -0.131. The van der Waals surface area contributed by atoms with Crippen LogP contribution >= 0.6 is 0 Å². The molecule has 0 aliphatic heterocycles. The molecule has 0 heterocycles. The number of hydrogen-bond donors (Lipinski definition) is 4. The van der Waals surface area contributed by atoms with E-state index >= 15 is 0 Å². The first-order chi connectivity index (χ1) is 17.7. The van der Waals surface area contributed by atoms with Crippen molar-refractivity contribution in [2.24, 2.45) is 17.8 Å². The molecule has 2 aromatic carbocycles. The molecule has 8 heteroatoms. The Kier molecular flexibility index (Phi) is 14.1. The van der Waals surface area contributed by atoms with Crippen molar-refractivity contribution in [1.29, 1.82) is 0 Å². The van der Waals surface area contributed by atoms with Gasteiger partial charge in [-0.25, -0.2) is 0 Å². The maximum Gasteiger partial charge on any atom is 0.167 e. The Bertz CT molecular complexity index is 1090. The molecule has 0 bridgehead atoms. The van der Waals surface area contributed by atoms with Gasteiger partial charge in [0.2, 0.25) is 0 Å². The fourth-order valence-electron chi connectivity index (χ4n) is 5.25. The number of Topliss-reactive ketones (excluding diaryl/α,β-unsaturated/α-hetero) is 3. The summed E-state index contributed by atoms with van der Waals surface area (Å²) < 4.78 is 0. The SMILES string of the molecule is CCc1cccc(-c2ccc(O)c3c2CC(CC(CCO)C(CO)C(=O)CC(C)=O)CC3=O)c1.CNC.O.[HH].[HH]. The van der Waals surface area contributed by atoms with E-state index in [1.165, 1.54) is 12.5 Å². The number of rotatable bonds is 11. The lowest BCUT2D eigenvalue weighted by Crippen LogP contribution is -2.32. The molecule has 0 amide bonds. The van der Waals surface area contributed by atoms with Gasteiger partial charge in [0.1, 0.15) is 17.3 Å². The summed E-state index contributed by atoms with van der Waals surface area (Å²) in [5.41, 5.74) is 4.23. The second-order valence-electron chi connectivity index (χ2n) is 9.88. The number of ketones is 3. The molecular weight excluding hydrogens is 486 g/mol. The van der Waals surface area contributed by atoms with Crippen molar-refractivity contribution in [1.82, 2.24) is 5.32 Å². The maximum atomic E-state index is 13.1. The minimum Gasteiger partial charge on any atom is -0.507 e.